The van der Waals surface area contributed by atoms with Crippen molar-refractivity contribution in [2.24, 2.45) is 0 Å². The van der Waals surface area contributed by atoms with Gasteiger partial charge < -0.3 is 21.2 Å². The zero-order chi connectivity index (χ0) is 7.49. The molecule has 0 aromatic heterocycles. The van der Waals surface area contributed by atoms with E-state index in [1.165, 1.54) is 6.92 Å². The summed E-state index contributed by atoms with van der Waals surface area (Å²) in [6.07, 6.45) is 0.885. The quantitative estimate of drug-likeness (QED) is 0.574. The fraction of sp³-hybridized carbons (Fsp3) is 0.833. The second-order valence-electron chi connectivity index (χ2n) is 2.31. The molecule has 1 atom stereocenters. The van der Waals surface area contributed by atoms with E-state index in [0.29, 0.717) is 6.42 Å². The molecule has 0 bridgehead atoms. The van der Waals surface area contributed by atoms with Crippen LogP contribution in [0.2, 0.25) is 0 Å². The van der Waals surface area contributed by atoms with E-state index in [0.717, 1.165) is 0 Å². The molecule has 5 N–H and O–H groups in total. The number of rotatable bonds is 3. The first-order valence-corrected chi connectivity index (χ1v) is 2.94. The van der Waals surface area contributed by atoms with E-state index >= 15 is 0 Å². The molecule has 0 spiro atoms. The van der Waals surface area contributed by atoms with Gasteiger partial charge in [-0.25, -0.2) is 0 Å². The summed E-state index contributed by atoms with van der Waals surface area (Å²) in [5.41, 5.74) is -1.64. The number of quaternary nitrogens is 1. The number of hydrogen-bond donors (Lipinski definition) is 2. The van der Waals surface area contributed by atoms with E-state index in [1.54, 1.807) is 6.92 Å². The van der Waals surface area contributed by atoms with Gasteiger partial charge in [0.15, 0.2) is 0 Å². The highest BCUT2D eigenvalue weighted by molar-refractivity contribution is 5.74. The minimum absolute atomic E-state index is 0. The monoisotopic (exact) mass is 149 g/mol. The molecule has 0 saturated carbocycles. The molecule has 0 fully saturated rings. The maximum atomic E-state index is 10.0. The van der Waals surface area contributed by atoms with Gasteiger partial charge >= 0.3 is 0 Å². The summed E-state index contributed by atoms with van der Waals surface area (Å²) in [4.78, 5) is 10.0. The molecular weight excluding hydrogens is 134 g/mol. The molecule has 0 rings (SSSR count). The van der Waals surface area contributed by atoms with E-state index in [1.807, 2.05) is 0 Å². The van der Waals surface area contributed by atoms with E-state index in [4.69, 9.17) is 5.11 Å². The van der Waals surface area contributed by atoms with Crippen molar-refractivity contribution < 1.29 is 15.0 Å². The first-order valence-electron chi connectivity index (χ1n) is 2.94. The SMILES string of the molecule is CCCC(C)(O)C(=O)[O-].[NH4+]. The molecule has 0 aromatic carbocycles. The molecule has 4 heteroatoms. The average molecular weight is 149 g/mol. The normalized spacial score (nSPS) is 15.1. The van der Waals surface area contributed by atoms with Gasteiger partial charge in [-0.2, -0.15) is 0 Å². The van der Waals surface area contributed by atoms with Crippen molar-refractivity contribution in [3.63, 3.8) is 0 Å². The molecule has 0 radical (unpaired) electrons. The van der Waals surface area contributed by atoms with Crippen LogP contribution in [0.1, 0.15) is 26.7 Å². The summed E-state index contributed by atoms with van der Waals surface area (Å²) in [5.74, 6) is -1.40. The smallest absolute Gasteiger partial charge is 0.101 e. The van der Waals surface area contributed by atoms with Crippen molar-refractivity contribution in [2.75, 3.05) is 0 Å². The number of hydrogen-bond acceptors (Lipinski definition) is 3. The minimum Gasteiger partial charge on any atom is -0.547 e. The van der Waals surface area contributed by atoms with Gasteiger partial charge in [-0.3, -0.25) is 0 Å². The van der Waals surface area contributed by atoms with Crippen LogP contribution in [0.25, 0.3) is 0 Å². The highest BCUT2D eigenvalue weighted by Gasteiger charge is 2.19. The van der Waals surface area contributed by atoms with Crippen LogP contribution in [-0.2, 0) is 4.79 Å². The Hall–Kier alpha value is -0.610. The predicted octanol–water partition coefficient (Wildman–Crippen LogP) is -0.336. The molecule has 0 aliphatic heterocycles. The zero-order valence-electron chi connectivity index (χ0n) is 6.68. The minimum atomic E-state index is -1.64. The predicted molar refractivity (Wildman–Crippen MR) is 36.5 cm³/mol. The van der Waals surface area contributed by atoms with Gasteiger partial charge in [-0.05, 0) is 13.3 Å². The van der Waals surface area contributed by atoms with Crippen LogP contribution in [0.4, 0.5) is 0 Å². The molecule has 62 valence electrons. The molecule has 0 aliphatic rings. The topological polar surface area (TPSA) is 96.9 Å². The first-order chi connectivity index (χ1) is 4.00. The van der Waals surface area contributed by atoms with Gasteiger partial charge in [0.1, 0.15) is 5.60 Å². The van der Waals surface area contributed by atoms with E-state index in [2.05, 4.69) is 0 Å². The Bertz CT molecular complexity index is 112. The molecule has 4 nitrogen and oxygen atoms in total. The van der Waals surface area contributed by atoms with Gasteiger partial charge in [0, 0.05) is 0 Å². The summed E-state index contributed by atoms with van der Waals surface area (Å²) in [7, 11) is 0. The first kappa shape index (κ1) is 12.1. The number of carboxylic acids is 1. The van der Waals surface area contributed by atoms with Gasteiger partial charge in [-0.1, -0.05) is 13.3 Å². The van der Waals surface area contributed by atoms with Crippen LogP contribution in [0.15, 0.2) is 0 Å². The summed E-state index contributed by atoms with van der Waals surface area (Å²) in [6.45, 7) is 3.04. The maximum absolute atomic E-state index is 10.0. The zero-order valence-corrected chi connectivity index (χ0v) is 6.68. The van der Waals surface area contributed by atoms with Crippen molar-refractivity contribution in [3.8, 4) is 0 Å². The Morgan fingerprint density at radius 1 is 1.70 bits per heavy atom. The van der Waals surface area contributed by atoms with Crippen molar-refractivity contribution in [2.45, 2.75) is 32.3 Å². The second-order valence-corrected chi connectivity index (χ2v) is 2.31. The van der Waals surface area contributed by atoms with E-state index in [-0.39, 0.29) is 12.6 Å². The molecule has 0 saturated heterocycles. The maximum Gasteiger partial charge on any atom is 0.101 e. The third-order valence-corrected chi connectivity index (χ3v) is 1.18. The standard InChI is InChI=1S/C6H12O3.H3N/c1-3-4-6(2,9)5(7)8;/h9H,3-4H2,1-2H3,(H,7,8);1H3. The number of carbonyl (C=O) groups is 1. The van der Waals surface area contributed by atoms with Crippen LogP contribution in [0, 0.1) is 0 Å². The average Bonchev–Trinajstić information content (AvgIpc) is 1.65. The van der Waals surface area contributed by atoms with Crippen molar-refractivity contribution in [1.29, 1.82) is 0 Å². The summed E-state index contributed by atoms with van der Waals surface area (Å²) < 4.78 is 0. The van der Waals surface area contributed by atoms with Crippen LogP contribution < -0.4 is 11.3 Å². The Morgan fingerprint density at radius 2 is 2.10 bits per heavy atom. The van der Waals surface area contributed by atoms with Crippen molar-refractivity contribution in [3.05, 3.63) is 0 Å². The number of aliphatic carboxylic acids is 1. The fourth-order valence-corrected chi connectivity index (χ4v) is 0.589. The van der Waals surface area contributed by atoms with Crippen molar-refractivity contribution in [1.82, 2.24) is 6.15 Å². The molecule has 0 amide bonds. The lowest BCUT2D eigenvalue weighted by Crippen LogP contribution is -2.45. The third kappa shape index (κ3) is 3.42. The van der Waals surface area contributed by atoms with Crippen LogP contribution in [0.5, 0.6) is 0 Å². The molecule has 1 unspecified atom stereocenters. The van der Waals surface area contributed by atoms with Crippen LogP contribution >= 0.6 is 0 Å². The van der Waals surface area contributed by atoms with Crippen LogP contribution in [0.3, 0.4) is 0 Å². The highest BCUT2D eigenvalue weighted by Crippen LogP contribution is 2.09. The second kappa shape index (κ2) is 4.24. The summed E-state index contributed by atoms with van der Waals surface area (Å²) in [6, 6.07) is 0. The Labute approximate surface area is 60.4 Å². The van der Waals surface area contributed by atoms with E-state index < -0.39 is 11.6 Å². The Morgan fingerprint density at radius 3 is 2.20 bits per heavy atom. The van der Waals surface area contributed by atoms with Crippen LogP contribution in [-0.4, -0.2) is 16.7 Å². The number of carboxylic acid groups (broad SMARTS) is 1. The number of carbonyl (C=O) groups excluding carboxylic acids is 1. The van der Waals surface area contributed by atoms with Gasteiger partial charge in [0.25, 0.3) is 0 Å². The lowest BCUT2D eigenvalue weighted by atomic mass is 10.0. The fourth-order valence-electron chi connectivity index (χ4n) is 0.589. The summed E-state index contributed by atoms with van der Waals surface area (Å²) >= 11 is 0. The molecule has 10 heavy (non-hydrogen) atoms. The summed E-state index contributed by atoms with van der Waals surface area (Å²) in [5, 5.41) is 19.0. The Balaban J connectivity index is 0. The van der Waals surface area contributed by atoms with Crippen molar-refractivity contribution >= 4 is 5.97 Å². The highest BCUT2D eigenvalue weighted by atomic mass is 16.4. The largest absolute Gasteiger partial charge is 0.547 e. The van der Waals surface area contributed by atoms with Gasteiger partial charge in [0.05, 0.1) is 5.97 Å². The Kier molecular flexibility index (Phi) is 5.14. The molecular formula is C6H15NO3. The van der Waals surface area contributed by atoms with Gasteiger partial charge in [0.2, 0.25) is 0 Å². The number of aliphatic hydroxyl groups is 1. The molecule has 0 aliphatic carbocycles. The van der Waals surface area contributed by atoms with Gasteiger partial charge in [-0.15, -0.1) is 0 Å². The molecule has 0 aromatic rings. The lowest BCUT2D eigenvalue weighted by molar-refractivity contribution is -0.323. The molecule has 0 heterocycles. The lowest BCUT2D eigenvalue weighted by Gasteiger charge is -2.22. The third-order valence-electron chi connectivity index (χ3n) is 1.18. The van der Waals surface area contributed by atoms with E-state index in [9.17, 15) is 9.90 Å².